The zero-order chi connectivity index (χ0) is 18.1. The van der Waals surface area contributed by atoms with E-state index < -0.39 is 0 Å². The van der Waals surface area contributed by atoms with Gasteiger partial charge in [-0.1, -0.05) is 12.1 Å². The Hall–Kier alpha value is -3.08. The minimum absolute atomic E-state index is 0.0315. The van der Waals surface area contributed by atoms with Crippen LogP contribution < -0.4 is 9.47 Å². The molecule has 5 heteroatoms. The van der Waals surface area contributed by atoms with E-state index >= 15 is 0 Å². The summed E-state index contributed by atoms with van der Waals surface area (Å²) in [5.74, 6) is 1.45. The molecule has 0 spiro atoms. The lowest BCUT2D eigenvalue weighted by Gasteiger charge is -2.30. The standard InChI is InChI=1S/C21H20N2O3/c1-25-19-11-14-8-10-23(13-15(14)12-20(19)26-2)21(24)17-5-3-7-18-16(17)6-4-9-22-18/h3-7,9,11-12H,8,10,13H2,1-2H3. The molecule has 26 heavy (non-hydrogen) atoms. The van der Waals surface area contributed by atoms with Crippen molar-refractivity contribution in [3.63, 3.8) is 0 Å². The number of benzene rings is 2. The van der Waals surface area contributed by atoms with Crippen LogP contribution in [0.5, 0.6) is 11.5 Å². The van der Waals surface area contributed by atoms with Crippen LogP contribution in [0.1, 0.15) is 21.5 Å². The summed E-state index contributed by atoms with van der Waals surface area (Å²) in [7, 11) is 3.26. The van der Waals surface area contributed by atoms with Crippen molar-refractivity contribution in [3.05, 3.63) is 65.4 Å². The summed E-state index contributed by atoms with van der Waals surface area (Å²) in [6.07, 6.45) is 2.54. The van der Waals surface area contributed by atoms with Gasteiger partial charge in [0, 0.05) is 30.2 Å². The van der Waals surface area contributed by atoms with Gasteiger partial charge in [-0.05, 0) is 47.9 Å². The molecular weight excluding hydrogens is 328 g/mol. The Morgan fingerprint density at radius 3 is 2.58 bits per heavy atom. The first-order valence-corrected chi connectivity index (χ1v) is 8.58. The maximum atomic E-state index is 13.1. The Kier molecular flexibility index (Phi) is 4.21. The average molecular weight is 348 g/mol. The van der Waals surface area contributed by atoms with E-state index in [9.17, 15) is 4.79 Å². The summed E-state index contributed by atoms with van der Waals surface area (Å²) in [5.41, 5.74) is 3.83. The van der Waals surface area contributed by atoms with Crippen LogP contribution in [0.3, 0.4) is 0 Å². The van der Waals surface area contributed by atoms with E-state index in [1.165, 1.54) is 5.56 Å². The molecule has 1 amide bonds. The minimum Gasteiger partial charge on any atom is -0.493 e. The van der Waals surface area contributed by atoms with Crippen LogP contribution in [0.4, 0.5) is 0 Å². The molecule has 2 aromatic carbocycles. The highest BCUT2D eigenvalue weighted by Crippen LogP contribution is 2.33. The van der Waals surface area contributed by atoms with Crippen LogP contribution in [-0.2, 0) is 13.0 Å². The third kappa shape index (κ3) is 2.75. The van der Waals surface area contributed by atoms with Crippen LogP contribution in [0.25, 0.3) is 10.9 Å². The summed E-state index contributed by atoms with van der Waals surface area (Å²) in [4.78, 5) is 19.4. The second kappa shape index (κ2) is 6.67. The van der Waals surface area contributed by atoms with Gasteiger partial charge >= 0.3 is 0 Å². The van der Waals surface area contributed by atoms with Crippen LogP contribution in [-0.4, -0.2) is 36.6 Å². The first-order chi connectivity index (χ1) is 12.7. The summed E-state index contributed by atoms with van der Waals surface area (Å²) in [6.45, 7) is 1.24. The van der Waals surface area contributed by atoms with Crippen molar-refractivity contribution in [3.8, 4) is 11.5 Å². The third-order valence-corrected chi connectivity index (χ3v) is 4.88. The summed E-state index contributed by atoms with van der Waals surface area (Å²) in [6, 6.07) is 13.5. The molecule has 1 aliphatic heterocycles. The molecule has 0 N–H and O–H groups in total. The van der Waals surface area contributed by atoms with E-state index in [1.54, 1.807) is 20.4 Å². The number of ether oxygens (including phenoxy) is 2. The Labute approximate surface area is 152 Å². The third-order valence-electron chi connectivity index (χ3n) is 4.88. The van der Waals surface area contributed by atoms with Gasteiger partial charge in [0.25, 0.3) is 5.91 Å². The van der Waals surface area contributed by atoms with E-state index in [2.05, 4.69) is 4.98 Å². The van der Waals surface area contributed by atoms with Crippen LogP contribution in [0.15, 0.2) is 48.7 Å². The summed E-state index contributed by atoms with van der Waals surface area (Å²) in [5, 5.41) is 0.887. The number of nitrogens with zero attached hydrogens (tertiary/aromatic N) is 2. The Morgan fingerprint density at radius 1 is 1.04 bits per heavy atom. The number of hydrogen-bond acceptors (Lipinski definition) is 4. The van der Waals surface area contributed by atoms with E-state index in [0.717, 1.165) is 28.6 Å². The van der Waals surface area contributed by atoms with Crippen molar-refractivity contribution in [2.75, 3.05) is 20.8 Å². The molecule has 0 saturated carbocycles. The largest absolute Gasteiger partial charge is 0.493 e. The number of carbonyl (C=O) groups excluding carboxylic acids is 1. The quantitative estimate of drug-likeness (QED) is 0.727. The van der Waals surface area contributed by atoms with E-state index in [0.29, 0.717) is 24.4 Å². The van der Waals surface area contributed by atoms with Crippen LogP contribution >= 0.6 is 0 Å². The zero-order valence-corrected chi connectivity index (χ0v) is 14.9. The molecule has 1 aliphatic rings. The van der Waals surface area contributed by atoms with Gasteiger partial charge in [-0.15, -0.1) is 0 Å². The Balaban J connectivity index is 1.67. The number of pyridine rings is 1. The molecule has 1 aromatic heterocycles. The smallest absolute Gasteiger partial charge is 0.254 e. The van der Waals surface area contributed by atoms with E-state index in [-0.39, 0.29) is 5.91 Å². The first kappa shape index (κ1) is 16.4. The highest BCUT2D eigenvalue weighted by atomic mass is 16.5. The van der Waals surface area contributed by atoms with Crippen LogP contribution in [0, 0.1) is 0 Å². The zero-order valence-electron chi connectivity index (χ0n) is 14.9. The molecule has 0 bridgehead atoms. The lowest BCUT2D eigenvalue weighted by molar-refractivity contribution is 0.0736. The van der Waals surface area contributed by atoms with Gasteiger partial charge in [-0.3, -0.25) is 9.78 Å². The van der Waals surface area contributed by atoms with Crippen molar-refractivity contribution < 1.29 is 14.3 Å². The second-order valence-electron chi connectivity index (χ2n) is 6.33. The number of aromatic nitrogens is 1. The molecule has 4 rings (SSSR count). The molecular formula is C21H20N2O3. The highest BCUT2D eigenvalue weighted by Gasteiger charge is 2.24. The van der Waals surface area contributed by atoms with Crippen molar-refractivity contribution >= 4 is 16.8 Å². The average Bonchev–Trinajstić information content (AvgIpc) is 2.71. The van der Waals surface area contributed by atoms with Gasteiger partial charge in [0.2, 0.25) is 0 Å². The maximum Gasteiger partial charge on any atom is 0.254 e. The predicted molar refractivity (Wildman–Crippen MR) is 99.7 cm³/mol. The van der Waals surface area contributed by atoms with E-state index in [1.807, 2.05) is 47.4 Å². The molecule has 0 aliphatic carbocycles. The lowest BCUT2D eigenvalue weighted by Crippen LogP contribution is -2.36. The molecule has 0 atom stereocenters. The van der Waals surface area contributed by atoms with Gasteiger partial charge in [0.05, 0.1) is 19.7 Å². The molecule has 2 heterocycles. The van der Waals surface area contributed by atoms with Crippen molar-refractivity contribution in [2.24, 2.45) is 0 Å². The van der Waals surface area contributed by atoms with Gasteiger partial charge < -0.3 is 14.4 Å². The number of amides is 1. The van der Waals surface area contributed by atoms with Gasteiger partial charge in [0.15, 0.2) is 11.5 Å². The fraction of sp³-hybridized carbons (Fsp3) is 0.238. The summed E-state index contributed by atoms with van der Waals surface area (Å²) < 4.78 is 10.8. The van der Waals surface area contributed by atoms with Crippen molar-refractivity contribution in [2.45, 2.75) is 13.0 Å². The monoisotopic (exact) mass is 348 g/mol. The predicted octanol–water partition coefficient (Wildman–Crippen LogP) is 3.45. The van der Waals surface area contributed by atoms with E-state index in [4.69, 9.17) is 9.47 Å². The molecule has 0 radical (unpaired) electrons. The summed E-state index contributed by atoms with van der Waals surface area (Å²) >= 11 is 0. The number of methoxy groups -OCH3 is 2. The number of hydrogen-bond donors (Lipinski definition) is 0. The normalized spacial score (nSPS) is 13.4. The fourth-order valence-electron chi connectivity index (χ4n) is 3.52. The number of fused-ring (bicyclic) bond motifs is 2. The van der Waals surface area contributed by atoms with Gasteiger partial charge in [-0.25, -0.2) is 0 Å². The second-order valence-corrected chi connectivity index (χ2v) is 6.33. The van der Waals surface area contributed by atoms with Crippen molar-refractivity contribution in [1.82, 2.24) is 9.88 Å². The lowest BCUT2D eigenvalue weighted by atomic mass is 9.97. The SMILES string of the molecule is COc1cc2c(cc1OC)CN(C(=O)c1cccc3ncccc13)CC2. The molecule has 0 unspecified atom stereocenters. The first-order valence-electron chi connectivity index (χ1n) is 8.58. The molecule has 5 nitrogen and oxygen atoms in total. The highest BCUT2D eigenvalue weighted by molar-refractivity contribution is 6.06. The Bertz CT molecular complexity index is 979. The van der Waals surface area contributed by atoms with Crippen molar-refractivity contribution in [1.29, 1.82) is 0 Å². The van der Waals surface area contributed by atoms with Gasteiger partial charge in [-0.2, -0.15) is 0 Å². The van der Waals surface area contributed by atoms with Crippen LogP contribution in [0.2, 0.25) is 0 Å². The molecule has 0 saturated heterocycles. The molecule has 3 aromatic rings. The topological polar surface area (TPSA) is 51.7 Å². The van der Waals surface area contributed by atoms with Gasteiger partial charge in [0.1, 0.15) is 0 Å². The minimum atomic E-state index is 0.0315. The maximum absolute atomic E-state index is 13.1. The molecule has 0 fully saturated rings. The number of carbonyl (C=O) groups is 1. The Morgan fingerprint density at radius 2 is 1.81 bits per heavy atom. The number of rotatable bonds is 3. The fourth-order valence-corrected chi connectivity index (χ4v) is 3.52. The molecule has 132 valence electrons.